The number of methoxy groups -OCH3 is 2. The van der Waals surface area contributed by atoms with Crippen LogP contribution in [-0.2, 0) is 16.0 Å². The van der Waals surface area contributed by atoms with E-state index in [1.54, 1.807) is 29.8 Å². The Bertz CT molecular complexity index is 1170. The van der Waals surface area contributed by atoms with Crippen molar-refractivity contribution < 1.29 is 14.3 Å². The van der Waals surface area contributed by atoms with E-state index in [1.165, 1.54) is 0 Å². The average Bonchev–Trinajstić information content (AvgIpc) is 2.83. The summed E-state index contributed by atoms with van der Waals surface area (Å²) in [5.74, 6) is 0.546. The molecule has 1 aromatic heterocycles. The van der Waals surface area contributed by atoms with Crippen LogP contribution < -0.4 is 10.9 Å². The number of nitrogens with one attached hydrogen (secondary N) is 1. The number of amides is 2. The first-order valence-electron chi connectivity index (χ1n) is 11.3. The predicted octanol–water partition coefficient (Wildman–Crippen LogP) is 4.83. The van der Waals surface area contributed by atoms with Crippen molar-refractivity contribution in [1.82, 2.24) is 14.5 Å². The summed E-state index contributed by atoms with van der Waals surface area (Å²) in [4.78, 5) is 33.5. The molecule has 1 unspecified atom stereocenters. The van der Waals surface area contributed by atoms with Crippen molar-refractivity contribution >= 4 is 38.6 Å². The number of carbonyl (C=O) groups is 1. The summed E-state index contributed by atoms with van der Waals surface area (Å²) < 4.78 is 13.0. The number of urea groups is 1. The number of para-hydroxylation sites is 1. The van der Waals surface area contributed by atoms with Crippen LogP contribution in [0, 0.1) is 0 Å². The average molecular weight is 531 g/mol. The van der Waals surface area contributed by atoms with Crippen LogP contribution in [0.15, 0.2) is 57.8 Å². The number of ether oxygens (including phenoxy) is 2. The van der Waals surface area contributed by atoms with Gasteiger partial charge in [-0.15, -0.1) is 0 Å². The maximum absolute atomic E-state index is 13.5. The molecule has 0 saturated heterocycles. The van der Waals surface area contributed by atoms with Crippen molar-refractivity contribution in [3.05, 3.63) is 69.2 Å². The molecule has 0 fully saturated rings. The topological polar surface area (TPSA) is 85.7 Å². The van der Waals surface area contributed by atoms with Gasteiger partial charge in [0.25, 0.3) is 5.56 Å². The summed E-state index contributed by atoms with van der Waals surface area (Å²) in [5.41, 5.74) is 1.15. The van der Waals surface area contributed by atoms with E-state index in [1.807, 2.05) is 49.4 Å². The number of carbonyl (C=O) groups excluding carboxylic acids is 1. The van der Waals surface area contributed by atoms with Crippen LogP contribution in [0.3, 0.4) is 0 Å². The molecule has 0 bridgehead atoms. The summed E-state index contributed by atoms with van der Waals surface area (Å²) in [6.45, 7) is 3.65. The number of halogens is 1. The SMILES string of the molecule is CCC(c1nc2ccccc2c(=O)n1CCOC)N(CCCOC)C(=O)Nc1cccc(Br)c1. The molecule has 0 aliphatic carbocycles. The van der Waals surface area contributed by atoms with Crippen LogP contribution >= 0.6 is 15.9 Å². The Hall–Kier alpha value is -2.75. The second-order valence-corrected chi connectivity index (χ2v) is 8.76. The van der Waals surface area contributed by atoms with E-state index >= 15 is 0 Å². The van der Waals surface area contributed by atoms with E-state index in [0.29, 0.717) is 61.6 Å². The van der Waals surface area contributed by atoms with Gasteiger partial charge >= 0.3 is 6.03 Å². The summed E-state index contributed by atoms with van der Waals surface area (Å²) in [7, 11) is 3.23. The van der Waals surface area contributed by atoms with Crippen molar-refractivity contribution in [2.75, 3.05) is 39.3 Å². The zero-order valence-corrected chi connectivity index (χ0v) is 21.4. The molecule has 2 amide bonds. The lowest BCUT2D eigenvalue weighted by Crippen LogP contribution is -2.42. The van der Waals surface area contributed by atoms with Gasteiger partial charge in [-0.2, -0.15) is 0 Å². The number of hydrogen-bond acceptors (Lipinski definition) is 5. The highest BCUT2D eigenvalue weighted by Crippen LogP contribution is 2.26. The highest BCUT2D eigenvalue weighted by atomic mass is 79.9. The molecule has 0 saturated carbocycles. The molecule has 8 nitrogen and oxygen atoms in total. The molecule has 9 heteroatoms. The standard InChI is InChI=1S/C25H31BrN4O4/c1-4-22(23-28-21-12-6-5-11-20(21)24(31)30(23)14-16-34-3)29(13-8-15-33-2)25(32)27-19-10-7-9-18(26)17-19/h5-7,9-12,17,22H,4,8,13-16H2,1-3H3,(H,27,32). The molecule has 0 aliphatic heterocycles. The summed E-state index contributed by atoms with van der Waals surface area (Å²) >= 11 is 3.44. The molecular formula is C25H31BrN4O4. The van der Waals surface area contributed by atoms with Crippen LogP contribution in [0.2, 0.25) is 0 Å². The molecule has 0 radical (unpaired) electrons. The number of hydrogen-bond donors (Lipinski definition) is 1. The molecule has 0 spiro atoms. The molecule has 1 heterocycles. The number of anilines is 1. The lowest BCUT2D eigenvalue weighted by Gasteiger charge is -2.32. The predicted molar refractivity (Wildman–Crippen MR) is 137 cm³/mol. The maximum Gasteiger partial charge on any atom is 0.322 e. The molecule has 2 aromatic carbocycles. The zero-order valence-electron chi connectivity index (χ0n) is 19.8. The molecule has 3 rings (SSSR count). The molecule has 182 valence electrons. The van der Waals surface area contributed by atoms with Gasteiger partial charge < -0.3 is 19.7 Å². The van der Waals surface area contributed by atoms with Crippen molar-refractivity contribution in [3.63, 3.8) is 0 Å². The highest BCUT2D eigenvalue weighted by Gasteiger charge is 2.28. The second kappa shape index (κ2) is 12.6. The van der Waals surface area contributed by atoms with Gasteiger partial charge in [-0.1, -0.05) is 41.1 Å². The molecule has 34 heavy (non-hydrogen) atoms. The van der Waals surface area contributed by atoms with E-state index < -0.39 is 6.04 Å². The van der Waals surface area contributed by atoms with Crippen LogP contribution in [0.4, 0.5) is 10.5 Å². The van der Waals surface area contributed by atoms with Gasteiger partial charge in [-0.3, -0.25) is 9.36 Å². The summed E-state index contributed by atoms with van der Waals surface area (Å²) in [6, 6.07) is 14.0. The first-order valence-corrected chi connectivity index (χ1v) is 12.1. The van der Waals surface area contributed by atoms with Gasteiger partial charge in [0, 0.05) is 37.5 Å². The number of fused-ring (bicyclic) bond motifs is 1. The van der Waals surface area contributed by atoms with Crippen LogP contribution in [-0.4, -0.2) is 54.5 Å². The van der Waals surface area contributed by atoms with Gasteiger partial charge in [0.15, 0.2) is 0 Å². The Balaban J connectivity index is 2.06. The van der Waals surface area contributed by atoms with Crippen molar-refractivity contribution in [3.8, 4) is 0 Å². The summed E-state index contributed by atoms with van der Waals surface area (Å²) in [6.07, 6.45) is 1.23. The number of benzene rings is 2. The zero-order chi connectivity index (χ0) is 24.5. The van der Waals surface area contributed by atoms with E-state index in [4.69, 9.17) is 14.5 Å². The van der Waals surface area contributed by atoms with E-state index in [-0.39, 0.29) is 11.6 Å². The third-order valence-corrected chi connectivity index (χ3v) is 6.05. The fourth-order valence-corrected chi connectivity index (χ4v) is 4.32. The van der Waals surface area contributed by atoms with Gasteiger partial charge in [0.2, 0.25) is 0 Å². The van der Waals surface area contributed by atoms with Crippen molar-refractivity contribution in [2.45, 2.75) is 32.4 Å². The van der Waals surface area contributed by atoms with Crippen LogP contribution in [0.5, 0.6) is 0 Å². The first-order chi connectivity index (χ1) is 16.5. The summed E-state index contributed by atoms with van der Waals surface area (Å²) in [5, 5.41) is 3.53. The Morgan fingerprint density at radius 3 is 2.62 bits per heavy atom. The molecule has 3 aromatic rings. The largest absolute Gasteiger partial charge is 0.385 e. The number of rotatable bonds is 11. The van der Waals surface area contributed by atoms with Crippen molar-refractivity contribution in [1.29, 1.82) is 0 Å². The van der Waals surface area contributed by atoms with E-state index in [2.05, 4.69) is 21.2 Å². The van der Waals surface area contributed by atoms with E-state index in [0.717, 1.165) is 4.47 Å². The lowest BCUT2D eigenvalue weighted by atomic mass is 10.1. The van der Waals surface area contributed by atoms with Gasteiger partial charge in [0.05, 0.1) is 30.1 Å². The fourth-order valence-electron chi connectivity index (χ4n) is 3.92. The molecule has 1 atom stereocenters. The quantitative estimate of drug-likeness (QED) is 0.359. The van der Waals surface area contributed by atoms with Gasteiger partial charge in [0.1, 0.15) is 5.82 Å². The first kappa shape index (κ1) is 25.9. The lowest BCUT2D eigenvalue weighted by molar-refractivity contribution is 0.150. The molecule has 0 aliphatic rings. The normalized spacial score (nSPS) is 12.0. The number of nitrogens with zero attached hydrogens (tertiary/aromatic N) is 3. The third-order valence-electron chi connectivity index (χ3n) is 5.56. The van der Waals surface area contributed by atoms with Gasteiger partial charge in [-0.25, -0.2) is 9.78 Å². The Labute approximate surface area is 208 Å². The minimum atomic E-state index is -0.418. The Morgan fingerprint density at radius 1 is 1.15 bits per heavy atom. The molecular weight excluding hydrogens is 500 g/mol. The Morgan fingerprint density at radius 2 is 1.91 bits per heavy atom. The maximum atomic E-state index is 13.5. The van der Waals surface area contributed by atoms with E-state index in [9.17, 15) is 9.59 Å². The minimum Gasteiger partial charge on any atom is -0.385 e. The van der Waals surface area contributed by atoms with Crippen LogP contribution in [0.1, 0.15) is 31.6 Å². The fraction of sp³-hybridized carbons (Fsp3) is 0.400. The third kappa shape index (κ3) is 6.22. The smallest absolute Gasteiger partial charge is 0.322 e. The monoisotopic (exact) mass is 530 g/mol. The van der Waals surface area contributed by atoms with Crippen molar-refractivity contribution in [2.24, 2.45) is 0 Å². The second-order valence-electron chi connectivity index (χ2n) is 7.84. The van der Waals surface area contributed by atoms with Crippen LogP contribution in [0.25, 0.3) is 10.9 Å². The highest BCUT2D eigenvalue weighted by molar-refractivity contribution is 9.10. The molecule has 1 N–H and O–H groups in total. The Kier molecular flexibility index (Phi) is 9.62. The number of aromatic nitrogens is 2. The minimum absolute atomic E-state index is 0.139. The van der Waals surface area contributed by atoms with Gasteiger partial charge in [-0.05, 0) is 43.2 Å².